The van der Waals surface area contributed by atoms with Crippen molar-refractivity contribution in [3.8, 4) is 0 Å². The molecule has 0 spiro atoms. The molecule has 0 bridgehead atoms. The summed E-state index contributed by atoms with van der Waals surface area (Å²) in [6, 6.07) is 0.761. The van der Waals surface area contributed by atoms with Crippen LogP contribution in [0.5, 0.6) is 0 Å². The average molecular weight is 306 g/mol. The van der Waals surface area contributed by atoms with E-state index in [4.69, 9.17) is 0 Å². The third-order valence-electron chi connectivity index (χ3n) is 4.51. The van der Waals surface area contributed by atoms with E-state index in [1.807, 2.05) is 0 Å². The standard InChI is InChI=1S/C13H23FN2O3S/c1-15(2)11-3-5-12(6-4-11)16-8-10(7-13(16)17)9-20(14,18)19/h10-12H,3-9H2,1-2H3. The van der Waals surface area contributed by atoms with Crippen molar-refractivity contribution in [2.45, 2.75) is 44.2 Å². The quantitative estimate of drug-likeness (QED) is 0.727. The number of likely N-dealkylation sites (tertiary alicyclic amines) is 1. The van der Waals surface area contributed by atoms with Gasteiger partial charge in [0.2, 0.25) is 5.91 Å². The van der Waals surface area contributed by atoms with E-state index in [1.165, 1.54) is 0 Å². The second kappa shape index (κ2) is 5.97. The maximum atomic E-state index is 12.7. The van der Waals surface area contributed by atoms with Gasteiger partial charge in [-0.05, 0) is 39.8 Å². The Labute approximate surface area is 120 Å². The monoisotopic (exact) mass is 306 g/mol. The smallest absolute Gasteiger partial charge is 0.302 e. The minimum absolute atomic E-state index is 0.0213. The summed E-state index contributed by atoms with van der Waals surface area (Å²) < 4.78 is 34.1. The van der Waals surface area contributed by atoms with Crippen molar-refractivity contribution in [2.75, 3.05) is 26.4 Å². The van der Waals surface area contributed by atoms with E-state index in [0.717, 1.165) is 25.7 Å². The van der Waals surface area contributed by atoms with Gasteiger partial charge in [0, 0.05) is 31.0 Å². The van der Waals surface area contributed by atoms with Crippen LogP contribution < -0.4 is 0 Å². The van der Waals surface area contributed by atoms with Gasteiger partial charge in [-0.2, -0.15) is 8.42 Å². The normalized spacial score (nSPS) is 32.1. The molecule has 2 aliphatic rings. The molecule has 2 fully saturated rings. The SMILES string of the molecule is CN(C)C1CCC(N2CC(CS(=O)(=O)F)CC2=O)CC1. The molecule has 1 atom stereocenters. The van der Waals surface area contributed by atoms with Gasteiger partial charge in [-0.1, -0.05) is 0 Å². The van der Waals surface area contributed by atoms with Crippen molar-refractivity contribution in [1.29, 1.82) is 0 Å². The van der Waals surface area contributed by atoms with Crippen molar-refractivity contribution in [1.82, 2.24) is 9.80 Å². The maximum Gasteiger partial charge on any atom is 0.302 e. The van der Waals surface area contributed by atoms with Gasteiger partial charge in [0.05, 0.1) is 5.75 Å². The van der Waals surface area contributed by atoms with Gasteiger partial charge >= 0.3 is 10.2 Å². The first-order chi connectivity index (χ1) is 9.26. The van der Waals surface area contributed by atoms with Gasteiger partial charge in [0.25, 0.3) is 0 Å². The van der Waals surface area contributed by atoms with E-state index in [0.29, 0.717) is 12.6 Å². The number of amides is 1. The second-order valence-electron chi connectivity index (χ2n) is 6.25. The number of nitrogens with zero attached hydrogens (tertiary/aromatic N) is 2. The molecule has 2 rings (SSSR count). The Hall–Kier alpha value is -0.690. The van der Waals surface area contributed by atoms with E-state index in [-0.39, 0.29) is 24.3 Å². The van der Waals surface area contributed by atoms with Crippen LogP contribution in [0.2, 0.25) is 0 Å². The molecule has 1 saturated carbocycles. The third-order valence-corrected chi connectivity index (χ3v) is 5.38. The van der Waals surface area contributed by atoms with Gasteiger partial charge in [-0.15, -0.1) is 3.89 Å². The summed E-state index contributed by atoms with van der Waals surface area (Å²) >= 11 is 0. The molecule has 0 aromatic rings. The van der Waals surface area contributed by atoms with E-state index in [9.17, 15) is 17.1 Å². The zero-order valence-electron chi connectivity index (χ0n) is 12.1. The third kappa shape index (κ3) is 3.91. The Morgan fingerprint density at radius 1 is 1.25 bits per heavy atom. The first kappa shape index (κ1) is 15.7. The highest BCUT2D eigenvalue weighted by atomic mass is 32.3. The summed E-state index contributed by atoms with van der Waals surface area (Å²) in [4.78, 5) is 16.0. The minimum Gasteiger partial charge on any atom is -0.339 e. The predicted molar refractivity (Wildman–Crippen MR) is 74.4 cm³/mol. The Bertz CT molecular complexity index is 458. The fourth-order valence-electron chi connectivity index (χ4n) is 3.44. The lowest BCUT2D eigenvalue weighted by atomic mass is 9.89. The summed E-state index contributed by atoms with van der Waals surface area (Å²) in [5.41, 5.74) is 0. The fraction of sp³-hybridized carbons (Fsp3) is 0.923. The largest absolute Gasteiger partial charge is 0.339 e. The number of hydrogen-bond donors (Lipinski definition) is 0. The van der Waals surface area contributed by atoms with Crippen LogP contribution in [-0.4, -0.2) is 62.6 Å². The zero-order valence-corrected chi connectivity index (χ0v) is 12.9. The summed E-state index contributed by atoms with van der Waals surface area (Å²) in [7, 11) is -0.363. The van der Waals surface area contributed by atoms with Crippen LogP contribution in [0.25, 0.3) is 0 Å². The van der Waals surface area contributed by atoms with Crippen LogP contribution in [-0.2, 0) is 15.0 Å². The van der Waals surface area contributed by atoms with Crippen molar-refractivity contribution >= 4 is 16.1 Å². The number of halogens is 1. The summed E-state index contributed by atoms with van der Waals surface area (Å²) in [6.07, 6.45) is 4.16. The molecule has 1 heterocycles. The molecule has 7 heteroatoms. The molecule has 1 aliphatic heterocycles. The summed E-state index contributed by atoms with van der Waals surface area (Å²) in [5.74, 6) is -0.932. The van der Waals surface area contributed by atoms with Gasteiger partial charge in [0.1, 0.15) is 0 Å². The van der Waals surface area contributed by atoms with E-state index in [1.54, 1.807) is 4.90 Å². The van der Waals surface area contributed by atoms with Crippen molar-refractivity contribution in [3.05, 3.63) is 0 Å². The number of hydrogen-bond acceptors (Lipinski definition) is 4. The molecule has 0 aromatic carbocycles. The maximum absolute atomic E-state index is 12.7. The highest BCUT2D eigenvalue weighted by Crippen LogP contribution is 2.30. The molecule has 0 aromatic heterocycles. The topological polar surface area (TPSA) is 57.7 Å². The van der Waals surface area contributed by atoms with Crippen LogP contribution in [0.3, 0.4) is 0 Å². The lowest BCUT2D eigenvalue weighted by Gasteiger charge is -2.37. The molecule has 20 heavy (non-hydrogen) atoms. The molecule has 1 aliphatic carbocycles. The lowest BCUT2D eigenvalue weighted by Crippen LogP contribution is -2.43. The molecule has 1 unspecified atom stereocenters. The highest BCUT2D eigenvalue weighted by molar-refractivity contribution is 7.86. The molecule has 0 radical (unpaired) electrons. The number of carbonyl (C=O) groups excluding carboxylic acids is 1. The molecule has 116 valence electrons. The Morgan fingerprint density at radius 3 is 2.35 bits per heavy atom. The van der Waals surface area contributed by atoms with E-state index >= 15 is 0 Å². The first-order valence-electron chi connectivity index (χ1n) is 7.14. The van der Waals surface area contributed by atoms with Gasteiger partial charge in [0.15, 0.2) is 0 Å². The van der Waals surface area contributed by atoms with Crippen LogP contribution in [0.4, 0.5) is 3.89 Å². The fourth-order valence-corrected chi connectivity index (χ4v) is 4.23. The van der Waals surface area contributed by atoms with Crippen LogP contribution >= 0.6 is 0 Å². The van der Waals surface area contributed by atoms with Crippen molar-refractivity contribution in [2.24, 2.45) is 5.92 Å². The minimum atomic E-state index is -4.49. The predicted octanol–water partition coefficient (Wildman–Crippen LogP) is 1.01. The second-order valence-corrected chi connectivity index (χ2v) is 7.66. The van der Waals surface area contributed by atoms with Crippen molar-refractivity contribution < 1.29 is 17.1 Å². The lowest BCUT2D eigenvalue weighted by molar-refractivity contribution is -0.130. The zero-order chi connectivity index (χ0) is 14.9. The number of rotatable bonds is 4. The van der Waals surface area contributed by atoms with E-state index in [2.05, 4.69) is 19.0 Å². The highest BCUT2D eigenvalue weighted by Gasteiger charge is 2.37. The Morgan fingerprint density at radius 2 is 1.85 bits per heavy atom. The summed E-state index contributed by atoms with van der Waals surface area (Å²) in [5, 5.41) is 0. The van der Waals surface area contributed by atoms with E-state index < -0.39 is 16.0 Å². The van der Waals surface area contributed by atoms with Crippen LogP contribution in [0.15, 0.2) is 0 Å². The molecule has 0 N–H and O–H groups in total. The molecule has 5 nitrogen and oxygen atoms in total. The molecule has 1 saturated heterocycles. The molecule has 1 amide bonds. The first-order valence-corrected chi connectivity index (χ1v) is 8.70. The Balaban J connectivity index is 1.89. The molecular formula is C13H23FN2O3S. The Kier molecular flexibility index (Phi) is 4.69. The van der Waals surface area contributed by atoms with Gasteiger partial charge in [-0.25, -0.2) is 0 Å². The number of carbonyl (C=O) groups is 1. The van der Waals surface area contributed by atoms with Crippen molar-refractivity contribution in [3.63, 3.8) is 0 Å². The summed E-state index contributed by atoms with van der Waals surface area (Å²) in [6.45, 7) is 0.388. The van der Waals surface area contributed by atoms with Crippen LogP contribution in [0, 0.1) is 5.92 Å². The average Bonchev–Trinajstić information content (AvgIpc) is 2.67. The van der Waals surface area contributed by atoms with Gasteiger partial charge < -0.3 is 9.80 Å². The molecular weight excluding hydrogens is 283 g/mol. The van der Waals surface area contributed by atoms with Crippen LogP contribution in [0.1, 0.15) is 32.1 Å². The van der Waals surface area contributed by atoms with Gasteiger partial charge in [-0.3, -0.25) is 4.79 Å².